The van der Waals surface area contributed by atoms with Gasteiger partial charge in [-0.05, 0) is 65.8 Å². The maximum absolute atomic E-state index is 11.0. The molecule has 0 atom stereocenters. The Morgan fingerprint density at radius 2 is 1.71 bits per heavy atom. The highest BCUT2D eigenvalue weighted by atomic mass is 16.4. The van der Waals surface area contributed by atoms with Crippen molar-refractivity contribution in [1.82, 2.24) is 0 Å². The van der Waals surface area contributed by atoms with Gasteiger partial charge in [-0.2, -0.15) is 0 Å². The number of fused-ring (bicyclic) bond motifs is 1. The summed E-state index contributed by atoms with van der Waals surface area (Å²) < 4.78 is 0. The number of hydrogen-bond donors (Lipinski definition) is 1. The van der Waals surface area contributed by atoms with Gasteiger partial charge in [-0.3, -0.25) is 0 Å². The maximum atomic E-state index is 11.0. The molecular weight excluding hydrogens is 344 g/mol. The Kier molecular flexibility index (Phi) is 5.72. The van der Waals surface area contributed by atoms with Crippen LogP contribution in [-0.2, 0) is 5.41 Å². The molecule has 0 radical (unpaired) electrons. The molecule has 1 N–H and O–H groups in total. The van der Waals surface area contributed by atoms with Crippen LogP contribution in [0, 0.1) is 23.7 Å². The molecule has 28 heavy (non-hydrogen) atoms. The molecule has 2 nitrogen and oxygen atoms in total. The average Bonchev–Trinajstić information content (AvgIpc) is 2.68. The van der Waals surface area contributed by atoms with Gasteiger partial charge in [0.15, 0.2) is 0 Å². The quantitative estimate of drug-likeness (QED) is 0.695. The number of carboxylic acid groups (broad SMARTS) is 1. The van der Waals surface area contributed by atoms with E-state index in [0.29, 0.717) is 0 Å². The van der Waals surface area contributed by atoms with Crippen LogP contribution in [-0.4, -0.2) is 11.1 Å². The van der Waals surface area contributed by atoms with E-state index in [1.54, 1.807) is 24.3 Å². The van der Waals surface area contributed by atoms with E-state index in [9.17, 15) is 4.79 Å². The van der Waals surface area contributed by atoms with Gasteiger partial charge < -0.3 is 5.11 Å². The predicted molar refractivity (Wildman–Crippen MR) is 114 cm³/mol. The predicted octanol–water partition coefficient (Wildman–Crippen LogP) is 5.65. The van der Waals surface area contributed by atoms with Crippen molar-refractivity contribution in [3.8, 4) is 23.7 Å². The number of rotatable bonds is 2. The van der Waals surface area contributed by atoms with E-state index in [1.165, 1.54) is 11.1 Å². The van der Waals surface area contributed by atoms with Gasteiger partial charge in [0.1, 0.15) is 0 Å². The fraction of sp³-hybridized carbons (Fsp3) is 0.269. The van der Waals surface area contributed by atoms with Crippen molar-refractivity contribution in [3.63, 3.8) is 0 Å². The van der Waals surface area contributed by atoms with Crippen molar-refractivity contribution in [1.29, 1.82) is 0 Å². The highest BCUT2D eigenvalue weighted by Gasteiger charge is 2.27. The number of aromatic carboxylic acids is 1. The molecule has 0 amide bonds. The van der Waals surface area contributed by atoms with E-state index < -0.39 is 5.97 Å². The number of benzene rings is 2. The van der Waals surface area contributed by atoms with Crippen LogP contribution in [0.15, 0.2) is 48.5 Å². The van der Waals surface area contributed by atoms with Crippen LogP contribution in [0.2, 0.25) is 0 Å². The molecule has 0 spiro atoms. The molecule has 0 saturated carbocycles. The van der Waals surface area contributed by atoms with Gasteiger partial charge in [-0.25, -0.2) is 4.79 Å². The third-order valence-corrected chi connectivity index (χ3v) is 4.94. The molecule has 0 fully saturated rings. The lowest BCUT2D eigenvalue weighted by Gasteiger charge is -2.31. The summed E-state index contributed by atoms with van der Waals surface area (Å²) in [5.41, 5.74) is 5.66. The molecule has 0 heterocycles. The molecule has 2 aromatic rings. The third-order valence-electron chi connectivity index (χ3n) is 4.94. The first kappa shape index (κ1) is 19.5. The number of carbonyl (C=O) groups is 1. The van der Waals surface area contributed by atoms with Crippen LogP contribution >= 0.6 is 0 Å². The molecular formula is C26H24O2. The van der Waals surface area contributed by atoms with Crippen LogP contribution < -0.4 is 0 Å². The van der Waals surface area contributed by atoms with E-state index >= 15 is 0 Å². The van der Waals surface area contributed by atoms with Gasteiger partial charge >= 0.3 is 5.97 Å². The molecule has 0 saturated heterocycles. The Morgan fingerprint density at radius 3 is 2.39 bits per heavy atom. The summed E-state index contributed by atoms with van der Waals surface area (Å²) in [7, 11) is 0. The minimum absolute atomic E-state index is 0.0872. The summed E-state index contributed by atoms with van der Waals surface area (Å²) in [5, 5.41) is 8.99. The topological polar surface area (TPSA) is 37.3 Å². The molecule has 0 aliphatic heterocycles. The first-order chi connectivity index (χ1) is 13.4. The molecule has 1 aliphatic carbocycles. The van der Waals surface area contributed by atoms with Crippen molar-refractivity contribution >= 4 is 11.5 Å². The molecule has 2 aromatic carbocycles. The highest BCUT2D eigenvalue weighted by molar-refractivity contribution is 5.87. The summed E-state index contributed by atoms with van der Waals surface area (Å²) in [6.07, 6.45) is 5.19. The minimum Gasteiger partial charge on any atom is -0.478 e. The van der Waals surface area contributed by atoms with E-state index in [1.807, 2.05) is 0 Å². The molecule has 1 aliphatic rings. The molecule has 2 heteroatoms. The van der Waals surface area contributed by atoms with Gasteiger partial charge in [0.25, 0.3) is 0 Å². The Hall–Kier alpha value is -3.23. The van der Waals surface area contributed by atoms with Crippen molar-refractivity contribution in [3.05, 3.63) is 76.4 Å². The standard InChI is InChI=1S/C26H24O2/c1-4-5-6-7-21-16-17-26(2,3)24-15-12-20(18-23(21)24)9-8-19-10-13-22(14-11-19)25(27)28/h10-16,18H,4-5,17H2,1-3H3,(H,27,28). The van der Waals surface area contributed by atoms with E-state index in [-0.39, 0.29) is 11.0 Å². The summed E-state index contributed by atoms with van der Waals surface area (Å²) in [6.45, 7) is 6.65. The third kappa shape index (κ3) is 4.36. The summed E-state index contributed by atoms with van der Waals surface area (Å²) in [5.74, 6) is 12.0. The lowest BCUT2D eigenvalue weighted by molar-refractivity contribution is 0.0697. The zero-order valence-corrected chi connectivity index (χ0v) is 16.6. The van der Waals surface area contributed by atoms with Gasteiger partial charge in [-0.15, -0.1) is 0 Å². The summed E-state index contributed by atoms with van der Waals surface area (Å²) >= 11 is 0. The Balaban J connectivity index is 1.94. The second kappa shape index (κ2) is 8.20. The van der Waals surface area contributed by atoms with Crippen LogP contribution in [0.5, 0.6) is 0 Å². The monoisotopic (exact) mass is 368 g/mol. The van der Waals surface area contributed by atoms with Gasteiger partial charge in [0.05, 0.1) is 5.56 Å². The van der Waals surface area contributed by atoms with E-state index in [2.05, 4.69) is 68.7 Å². The fourth-order valence-electron chi connectivity index (χ4n) is 3.25. The summed E-state index contributed by atoms with van der Waals surface area (Å²) in [6, 6.07) is 13.0. The Bertz CT molecular complexity index is 1050. The Labute approximate surface area is 167 Å². The maximum Gasteiger partial charge on any atom is 0.335 e. The second-order valence-electron chi connectivity index (χ2n) is 7.65. The van der Waals surface area contributed by atoms with Crippen LogP contribution in [0.4, 0.5) is 0 Å². The zero-order valence-electron chi connectivity index (χ0n) is 16.6. The van der Waals surface area contributed by atoms with Crippen molar-refractivity contribution in [2.45, 2.75) is 45.4 Å². The number of carboxylic acids is 1. The zero-order chi connectivity index (χ0) is 20.1. The van der Waals surface area contributed by atoms with E-state index in [0.717, 1.165) is 36.0 Å². The Morgan fingerprint density at radius 1 is 1.04 bits per heavy atom. The number of unbranched alkanes of at least 4 members (excludes halogenated alkanes) is 1. The molecule has 140 valence electrons. The average molecular weight is 368 g/mol. The lowest BCUT2D eigenvalue weighted by Crippen LogP contribution is -2.21. The van der Waals surface area contributed by atoms with Crippen molar-refractivity contribution in [2.24, 2.45) is 0 Å². The molecule has 0 unspecified atom stereocenters. The highest BCUT2D eigenvalue weighted by Crippen LogP contribution is 2.38. The van der Waals surface area contributed by atoms with Gasteiger partial charge in [0.2, 0.25) is 0 Å². The normalized spacial score (nSPS) is 13.9. The first-order valence-corrected chi connectivity index (χ1v) is 9.60. The molecule has 0 bridgehead atoms. The van der Waals surface area contributed by atoms with Crippen molar-refractivity contribution in [2.75, 3.05) is 0 Å². The smallest absolute Gasteiger partial charge is 0.335 e. The van der Waals surface area contributed by atoms with Crippen LogP contribution in [0.3, 0.4) is 0 Å². The van der Waals surface area contributed by atoms with Gasteiger partial charge in [-0.1, -0.05) is 56.6 Å². The molecule has 3 rings (SSSR count). The number of allylic oxidation sites excluding steroid dienone is 2. The lowest BCUT2D eigenvalue weighted by atomic mass is 9.73. The fourth-order valence-corrected chi connectivity index (χ4v) is 3.25. The molecule has 0 aromatic heterocycles. The van der Waals surface area contributed by atoms with Crippen molar-refractivity contribution < 1.29 is 9.90 Å². The summed E-state index contributed by atoms with van der Waals surface area (Å²) in [4.78, 5) is 11.0. The first-order valence-electron chi connectivity index (χ1n) is 9.60. The SMILES string of the molecule is CCCC#CC1=CCC(C)(C)c2ccc(C#Cc3ccc(C(=O)O)cc3)cc21. The van der Waals surface area contributed by atoms with Gasteiger partial charge in [0, 0.05) is 23.1 Å². The minimum atomic E-state index is -0.930. The van der Waals surface area contributed by atoms with Crippen LogP contribution in [0.1, 0.15) is 72.6 Å². The van der Waals surface area contributed by atoms with E-state index in [4.69, 9.17) is 5.11 Å². The number of hydrogen-bond acceptors (Lipinski definition) is 1. The second-order valence-corrected chi connectivity index (χ2v) is 7.65. The van der Waals surface area contributed by atoms with Crippen LogP contribution in [0.25, 0.3) is 5.57 Å². The largest absolute Gasteiger partial charge is 0.478 e.